The number of hydrazine groups is 1. The van der Waals surface area contributed by atoms with Crippen molar-refractivity contribution >= 4 is 22.9 Å². The summed E-state index contributed by atoms with van der Waals surface area (Å²) in [6.45, 7) is 0.778. The fourth-order valence-corrected chi connectivity index (χ4v) is 3.49. The smallest absolute Gasteiger partial charge is 0.122 e. The predicted molar refractivity (Wildman–Crippen MR) is 78.7 cm³/mol. The zero-order chi connectivity index (χ0) is 13.2. The van der Waals surface area contributed by atoms with Gasteiger partial charge in [0.25, 0.3) is 0 Å². The molecule has 1 atom stereocenters. The third-order valence-electron chi connectivity index (χ3n) is 3.35. The molecule has 100 valence electrons. The fraction of sp³-hybridized carbons (Fsp3) is 0.286. The number of fused-ring (bicyclic) bond motifs is 1. The first-order valence-corrected chi connectivity index (χ1v) is 7.41. The van der Waals surface area contributed by atoms with E-state index in [1.807, 2.05) is 18.2 Å². The van der Waals surface area contributed by atoms with Crippen LogP contribution in [0.2, 0.25) is 4.34 Å². The van der Waals surface area contributed by atoms with Crippen molar-refractivity contribution in [3.8, 4) is 5.75 Å². The van der Waals surface area contributed by atoms with Crippen molar-refractivity contribution in [1.29, 1.82) is 0 Å². The van der Waals surface area contributed by atoms with E-state index in [1.165, 1.54) is 16.0 Å². The molecule has 3 rings (SSSR count). The summed E-state index contributed by atoms with van der Waals surface area (Å²) in [5, 5.41) is 0. The van der Waals surface area contributed by atoms with Gasteiger partial charge in [0.2, 0.25) is 0 Å². The van der Waals surface area contributed by atoms with Gasteiger partial charge in [-0.25, -0.2) is 0 Å². The van der Waals surface area contributed by atoms with Gasteiger partial charge in [-0.05, 0) is 29.3 Å². The second-order valence-electron chi connectivity index (χ2n) is 4.59. The Bertz CT molecular complexity index is 585. The predicted octanol–water partition coefficient (Wildman–Crippen LogP) is 3.08. The van der Waals surface area contributed by atoms with Crippen LogP contribution in [0.4, 0.5) is 0 Å². The molecule has 0 saturated carbocycles. The van der Waals surface area contributed by atoms with Crippen LogP contribution in [-0.4, -0.2) is 6.61 Å². The third-order valence-corrected chi connectivity index (χ3v) is 4.60. The van der Waals surface area contributed by atoms with Crippen LogP contribution in [0, 0.1) is 0 Å². The van der Waals surface area contributed by atoms with Gasteiger partial charge in [-0.15, -0.1) is 11.3 Å². The molecule has 1 unspecified atom stereocenters. The number of rotatable bonds is 4. The Balaban J connectivity index is 1.82. The van der Waals surface area contributed by atoms with Gasteiger partial charge >= 0.3 is 0 Å². The summed E-state index contributed by atoms with van der Waals surface area (Å²) < 4.78 is 6.33. The molecule has 0 fully saturated rings. The molecule has 1 aliphatic rings. The summed E-state index contributed by atoms with van der Waals surface area (Å²) in [6.07, 6.45) is 1.82. The first-order valence-electron chi connectivity index (χ1n) is 6.22. The number of nitrogens with one attached hydrogen (secondary N) is 1. The summed E-state index contributed by atoms with van der Waals surface area (Å²) >= 11 is 7.56. The highest BCUT2D eigenvalue weighted by Crippen LogP contribution is 2.30. The van der Waals surface area contributed by atoms with Crippen LogP contribution in [0.25, 0.3) is 0 Å². The number of hydrogen-bond donors (Lipinski definition) is 2. The lowest BCUT2D eigenvalue weighted by molar-refractivity contribution is 0.356. The van der Waals surface area contributed by atoms with Gasteiger partial charge in [-0.3, -0.25) is 11.3 Å². The van der Waals surface area contributed by atoms with E-state index in [1.54, 1.807) is 11.3 Å². The minimum atomic E-state index is 0.0978. The molecule has 0 radical (unpaired) electrons. The van der Waals surface area contributed by atoms with E-state index in [0.717, 1.165) is 29.5 Å². The van der Waals surface area contributed by atoms with E-state index in [-0.39, 0.29) is 6.04 Å². The van der Waals surface area contributed by atoms with Crippen LogP contribution in [0.5, 0.6) is 5.75 Å². The first kappa shape index (κ1) is 12.9. The molecule has 0 spiro atoms. The minimum absolute atomic E-state index is 0.0978. The number of nitrogens with two attached hydrogens (primary N) is 1. The molecule has 1 aliphatic heterocycles. The van der Waals surface area contributed by atoms with E-state index in [0.29, 0.717) is 0 Å². The quantitative estimate of drug-likeness (QED) is 0.673. The number of benzene rings is 1. The molecule has 0 amide bonds. The van der Waals surface area contributed by atoms with Gasteiger partial charge in [0.1, 0.15) is 5.75 Å². The van der Waals surface area contributed by atoms with Crippen molar-refractivity contribution in [2.24, 2.45) is 5.84 Å². The standard InChI is InChI=1S/C14H15ClN2OS/c15-14-4-2-11(19-14)8-12(17-16)9-1-3-13-10(7-9)5-6-18-13/h1-4,7,12,17H,5-6,8,16H2. The van der Waals surface area contributed by atoms with E-state index < -0.39 is 0 Å². The average molecular weight is 295 g/mol. The maximum absolute atomic E-state index is 5.96. The van der Waals surface area contributed by atoms with Crippen LogP contribution in [0.3, 0.4) is 0 Å². The molecular weight excluding hydrogens is 280 g/mol. The zero-order valence-corrected chi connectivity index (χ0v) is 11.9. The Hall–Kier alpha value is -1.07. The first-order chi connectivity index (χ1) is 9.26. The van der Waals surface area contributed by atoms with E-state index in [4.69, 9.17) is 22.2 Å². The Kier molecular flexibility index (Phi) is 3.75. The van der Waals surface area contributed by atoms with Gasteiger partial charge in [0, 0.05) is 17.7 Å². The van der Waals surface area contributed by atoms with E-state index in [2.05, 4.69) is 17.6 Å². The minimum Gasteiger partial charge on any atom is -0.493 e. The van der Waals surface area contributed by atoms with E-state index >= 15 is 0 Å². The average Bonchev–Trinajstić information content (AvgIpc) is 3.03. The van der Waals surface area contributed by atoms with Crippen LogP contribution in [0.15, 0.2) is 30.3 Å². The molecule has 1 aromatic carbocycles. The molecule has 0 bridgehead atoms. The van der Waals surface area contributed by atoms with Crippen molar-refractivity contribution in [2.45, 2.75) is 18.9 Å². The maximum atomic E-state index is 5.96. The molecule has 0 aliphatic carbocycles. The Morgan fingerprint density at radius 1 is 1.37 bits per heavy atom. The number of thiophene rings is 1. The van der Waals surface area contributed by atoms with Crippen molar-refractivity contribution in [1.82, 2.24) is 5.43 Å². The van der Waals surface area contributed by atoms with Crippen LogP contribution < -0.4 is 16.0 Å². The number of hydrogen-bond acceptors (Lipinski definition) is 4. The molecule has 2 aromatic rings. The summed E-state index contributed by atoms with van der Waals surface area (Å²) in [5.74, 6) is 6.69. The van der Waals surface area contributed by atoms with Crippen molar-refractivity contribution in [3.05, 3.63) is 50.7 Å². The van der Waals surface area contributed by atoms with Crippen LogP contribution in [0.1, 0.15) is 22.0 Å². The molecular formula is C14H15ClN2OS. The molecule has 0 saturated heterocycles. The summed E-state index contributed by atoms with van der Waals surface area (Å²) in [6, 6.07) is 10.4. The Morgan fingerprint density at radius 3 is 3.00 bits per heavy atom. The molecule has 5 heteroatoms. The maximum Gasteiger partial charge on any atom is 0.122 e. The van der Waals surface area contributed by atoms with Crippen molar-refractivity contribution in [2.75, 3.05) is 6.61 Å². The second kappa shape index (κ2) is 5.51. The largest absolute Gasteiger partial charge is 0.493 e. The summed E-state index contributed by atoms with van der Waals surface area (Å²) in [5.41, 5.74) is 5.35. The zero-order valence-electron chi connectivity index (χ0n) is 10.4. The van der Waals surface area contributed by atoms with Gasteiger partial charge in [-0.2, -0.15) is 0 Å². The lowest BCUT2D eigenvalue weighted by Crippen LogP contribution is -2.29. The molecule has 2 heterocycles. The molecule has 1 aromatic heterocycles. The normalized spacial score (nSPS) is 15.1. The van der Waals surface area contributed by atoms with Crippen LogP contribution in [-0.2, 0) is 12.8 Å². The fourth-order valence-electron chi connectivity index (χ4n) is 2.36. The highest BCUT2D eigenvalue weighted by Gasteiger charge is 2.17. The van der Waals surface area contributed by atoms with Crippen LogP contribution >= 0.6 is 22.9 Å². The number of halogens is 1. The van der Waals surface area contributed by atoms with Crippen molar-refractivity contribution in [3.63, 3.8) is 0 Å². The van der Waals surface area contributed by atoms with Gasteiger partial charge < -0.3 is 4.74 Å². The van der Waals surface area contributed by atoms with Crippen molar-refractivity contribution < 1.29 is 4.74 Å². The summed E-state index contributed by atoms with van der Waals surface area (Å²) in [7, 11) is 0. The van der Waals surface area contributed by atoms with Gasteiger partial charge in [0.05, 0.1) is 17.0 Å². The lowest BCUT2D eigenvalue weighted by atomic mass is 10.00. The number of ether oxygens (including phenoxy) is 1. The monoisotopic (exact) mass is 294 g/mol. The highest BCUT2D eigenvalue weighted by atomic mass is 35.5. The summed E-state index contributed by atoms with van der Waals surface area (Å²) in [4.78, 5) is 1.23. The van der Waals surface area contributed by atoms with E-state index in [9.17, 15) is 0 Å². The third kappa shape index (κ3) is 2.77. The second-order valence-corrected chi connectivity index (χ2v) is 6.39. The molecule has 19 heavy (non-hydrogen) atoms. The lowest BCUT2D eigenvalue weighted by Gasteiger charge is -2.16. The molecule has 3 nitrogen and oxygen atoms in total. The Labute approximate surface area is 121 Å². The van der Waals surface area contributed by atoms with Gasteiger partial charge in [-0.1, -0.05) is 23.7 Å². The Morgan fingerprint density at radius 2 is 2.26 bits per heavy atom. The molecule has 3 N–H and O–H groups in total. The van der Waals surface area contributed by atoms with Gasteiger partial charge in [0.15, 0.2) is 0 Å². The SMILES string of the molecule is NNC(Cc1ccc(Cl)s1)c1ccc2c(c1)CCO2. The topological polar surface area (TPSA) is 47.3 Å². The highest BCUT2D eigenvalue weighted by molar-refractivity contribution is 7.16.